The Labute approximate surface area is 152 Å². The number of pyridine rings is 1. The fraction of sp³-hybridized carbons (Fsp3) is 0.278. The zero-order valence-corrected chi connectivity index (χ0v) is 15.9. The quantitative estimate of drug-likeness (QED) is 0.752. The van der Waals surface area contributed by atoms with Crippen LogP contribution < -0.4 is 4.72 Å². The van der Waals surface area contributed by atoms with E-state index in [0.29, 0.717) is 16.4 Å². The molecule has 0 atom stereocenters. The van der Waals surface area contributed by atoms with Crippen LogP contribution in [0.5, 0.6) is 0 Å². The van der Waals surface area contributed by atoms with E-state index < -0.39 is 10.0 Å². The van der Waals surface area contributed by atoms with Crippen molar-refractivity contribution >= 4 is 27.3 Å². The van der Waals surface area contributed by atoms with Crippen LogP contribution in [0.3, 0.4) is 0 Å². The van der Waals surface area contributed by atoms with Crippen LogP contribution in [0.15, 0.2) is 53.7 Å². The number of imidazole rings is 1. The summed E-state index contributed by atoms with van der Waals surface area (Å²) in [5.41, 5.74) is 2.40. The summed E-state index contributed by atoms with van der Waals surface area (Å²) in [6, 6.07) is 10.5. The minimum Gasteiger partial charge on any atom is -0.305 e. The standard InChI is InChI=1S/C18H20ClN3O2S/c1-18(2,3)13-4-7-16(8-5-13)25(23,24)20-10-15-12-22-11-14(19)6-9-17(22)21-15/h4-9,11-12,20H,10H2,1-3H3. The Balaban J connectivity index is 1.76. The molecule has 0 unspecified atom stereocenters. The van der Waals surface area contributed by atoms with Gasteiger partial charge in [0.05, 0.1) is 22.2 Å². The molecule has 0 bridgehead atoms. The third-order valence-electron chi connectivity index (χ3n) is 3.94. The highest BCUT2D eigenvalue weighted by molar-refractivity contribution is 7.89. The van der Waals surface area contributed by atoms with Gasteiger partial charge < -0.3 is 4.40 Å². The van der Waals surface area contributed by atoms with Gasteiger partial charge in [0.25, 0.3) is 0 Å². The molecule has 7 heteroatoms. The predicted octanol–water partition coefficient (Wildman–Crippen LogP) is 3.76. The van der Waals surface area contributed by atoms with Gasteiger partial charge >= 0.3 is 0 Å². The molecule has 3 aromatic rings. The van der Waals surface area contributed by atoms with Crippen LogP contribution in [0.25, 0.3) is 5.65 Å². The van der Waals surface area contributed by atoms with Crippen LogP contribution in [0.4, 0.5) is 0 Å². The Morgan fingerprint density at radius 3 is 2.40 bits per heavy atom. The Morgan fingerprint density at radius 1 is 1.08 bits per heavy atom. The van der Waals surface area contributed by atoms with E-state index in [1.54, 1.807) is 41.1 Å². The molecule has 1 aromatic carbocycles. The lowest BCUT2D eigenvalue weighted by Gasteiger charge is -2.19. The number of fused-ring (bicyclic) bond motifs is 1. The molecule has 0 aliphatic rings. The summed E-state index contributed by atoms with van der Waals surface area (Å²) in [6.45, 7) is 6.38. The van der Waals surface area contributed by atoms with Gasteiger partial charge in [-0.05, 0) is 35.2 Å². The first kappa shape index (κ1) is 17.9. The van der Waals surface area contributed by atoms with Crippen LogP contribution in [0.1, 0.15) is 32.0 Å². The monoisotopic (exact) mass is 377 g/mol. The number of hydrogen-bond acceptors (Lipinski definition) is 3. The van der Waals surface area contributed by atoms with Crippen LogP contribution in [0, 0.1) is 0 Å². The molecule has 0 fully saturated rings. The van der Waals surface area contributed by atoms with Crippen LogP contribution in [-0.2, 0) is 22.0 Å². The third kappa shape index (κ3) is 4.03. The van der Waals surface area contributed by atoms with Gasteiger partial charge in [0.1, 0.15) is 5.65 Å². The zero-order chi connectivity index (χ0) is 18.2. The van der Waals surface area contributed by atoms with E-state index in [9.17, 15) is 8.42 Å². The molecule has 0 saturated heterocycles. The van der Waals surface area contributed by atoms with Crippen LogP contribution >= 0.6 is 11.6 Å². The number of nitrogens with zero attached hydrogens (tertiary/aromatic N) is 2. The lowest BCUT2D eigenvalue weighted by atomic mass is 9.87. The third-order valence-corrected chi connectivity index (χ3v) is 5.58. The smallest absolute Gasteiger partial charge is 0.240 e. The number of benzene rings is 1. The second kappa shape index (κ2) is 6.44. The molecule has 0 radical (unpaired) electrons. The van der Waals surface area contributed by atoms with Crippen molar-refractivity contribution in [3.05, 3.63) is 65.1 Å². The molecule has 132 valence electrons. The van der Waals surface area contributed by atoms with Crippen molar-refractivity contribution in [2.24, 2.45) is 0 Å². The second-order valence-corrected chi connectivity index (χ2v) is 9.15. The number of rotatable bonds is 4. The molecule has 3 rings (SSSR count). The molecular formula is C18H20ClN3O2S. The highest BCUT2D eigenvalue weighted by Gasteiger charge is 2.17. The van der Waals surface area contributed by atoms with E-state index in [4.69, 9.17) is 11.6 Å². The Kier molecular flexibility index (Phi) is 4.62. The van der Waals surface area contributed by atoms with Gasteiger partial charge in [-0.2, -0.15) is 0 Å². The first-order valence-electron chi connectivity index (χ1n) is 7.88. The van der Waals surface area contributed by atoms with E-state index in [1.165, 1.54) is 0 Å². The normalized spacial score (nSPS) is 12.6. The van der Waals surface area contributed by atoms with Crippen molar-refractivity contribution in [3.63, 3.8) is 0 Å². The summed E-state index contributed by atoms with van der Waals surface area (Å²) in [5.74, 6) is 0. The van der Waals surface area contributed by atoms with Gasteiger partial charge in [0, 0.05) is 12.4 Å². The van der Waals surface area contributed by atoms with Gasteiger partial charge in [-0.1, -0.05) is 44.5 Å². The number of aromatic nitrogens is 2. The molecule has 0 saturated carbocycles. The number of hydrogen-bond donors (Lipinski definition) is 1. The highest BCUT2D eigenvalue weighted by Crippen LogP contribution is 2.23. The second-order valence-electron chi connectivity index (χ2n) is 6.94. The minimum absolute atomic E-state index is 0.0203. The summed E-state index contributed by atoms with van der Waals surface area (Å²) in [5, 5.41) is 0.593. The van der Waals surface area contributed by atoms with Gasteiger partial charge in [-0.3, -0.25) is 0 Å². The molecular weight excluding hydrogens is 358 g/mol. The van der Waals surface area contributed by atoms with Crippen LogP contribution in [-0.4, -0.2) is 17.8 Å². The van der Waals surface area contributed by atoms with Crippen molar-refractivity contribution in [2.75, 3.05) is 0 Å². The van der Waals surface area contributed by atoms with E-state index >= 15 is 0 Å². The van der Waals surface area contributed by atoms with Crippen molar-refractivity contribution in [2.45, 2.75) is 37.6 Å². The van der Waals surface area contributed by atoms with Crippen molar-refractivity contribution in [3.8, 4) is 0 Å². The molecule has 0 spiro atoms. The molecule has 0 amide bonds. The first-order valence-corrected chi connectivity index (χ1v) is 9.75. The summed E-state index contributed by atoms with van der Waals surface area (Å²) < 4.78 is 29.3. The topological polar surface area (TPSA) is 63.5 Å². The van der Waals surface area contributed by atoms with Gasteiger partial charge in [0.15, 0.2) is 0 Å². The summed E-state index contributed by atoms with van der Waals surface area (Å²) in [6.07, 6.45) is 3.49. The maximum atomic E-state index is 12.5. The molecule has 5 nitrogen and oxygen atoms in total. The molecule has 1 N–H and O–H groups in total. The lowest BCUT2D eigenvalue weighted by Crippen LogP contribution is -2.23. The van der Waals surface area contributed by atoms with Crippen molar-refractivity contribution < 1.29 is 8.42 Å². The fourth-order valence-electron chi connectivity index (χ4n) is 2.49. The Hall–Kier alpha value is -1.89. The minimum atomic E-state index is -3.59. The average Bonchev–Trinajstić information content (AvgIpc) is 2.94. The first-order chi connectivity index (χ1) is 11.6. The van der Waals surface area contributed by atoms with Crippen LogP contribution in [0.2, 0.25) is 5.02 Å². The SMILES string of the molecule is CC(C)(C)c1ccc(S(=O)(=O)NCc2cn3cc(Cl)ccc3n2)cc1. The molecule has 25 heavy (non-hydrogen) atoms. The maximum Gasteiger partial charge on any atom is 0.240 e. The fourth-order valence-corrected chi connectivity index (χ4v) is 3.66. The lowest BCUT2D eigenvalue weighted by molar-refractivity contribution is 0.577. The van der Waals surface area contributed by atoms with Gasteiger partial charge in [0.2, 0.25) is 10.0 Å². The largest absolute Gasteiger partial charge is 0.305 e. The highest BCUT2D eigenvalue weighted by atomic mass is 35.5. The number of sulfonamides is 1. The molecule has 2 heterocycles. The van der Waals surface area contributed by atoms with Gasteiger partial charge in [-0.25, -0.2) is 18.1 Å². The van der Waals surface area contributed by atoms with E-state index in [-0.39, 0.29) is 16.9 Å². The van der Waals surface area contributed by atoms with E-state index in [0.717, 1.165) is 5.56 Å². The molecule has 0 aliphatic heterocycles. The van der Waals surface area contributed by atoms with Gasteiger partial charge in [-0.15, -0.1) is 0 Å². The van der Waals surface area contributed by atoms with Crippen molar-refractivity contribution in [1.29, 1.82) is 0 Å². The summed E-state index contributed by atoms with van der Waals surface area (Å²) in [4.78, 5) is 4.62. The zero-order valence-electron chi connectivity index (χ0n) is 14.3. The molecule has 2 aromatic heterocycles. The number of nitrogens with one attached hydrogen (secondary N) is 1. The molecule has 0 aliphatic carbocycles. The number of halogens is 1. The van der Waals surface area contributed by atoms with Crippen molar-refractivity contribution in [1.82, 2.24) is 14.1 Å². The van der Waals surface area contributed by atoms with E-state index in [2.05, 4.69) is 30.5 Å². The Morgan fingerprint density at radius 2 is 1.76 bits per heavy atom. The summed E-state index contributed by atoms with van der Waals surface area (Å²) in [7, 11) is -3.59. The maximum absolute atomic E-state index is 12.5. The summed E-state index contributed by atoms with van der Waals surface area (Å²) >= 11 is 5.94. The average molecular weight is 378 g/mol. The Bertz CT molecular complexity index is 1000. The predicted molar refractivity (Wildman–Crippen MR) is 99.4 cm³/mol. The van der Waals surface area contributed by atoms with E-state index in [1.807, 2.05) is 12.1 Å².